The predicted molar refractivity (Wildman–Crippen MR) is 109 cm³/mol. The summed E-state index contributed by atoms with van der Waals surface area (Å²) in [4.78, 5) is 31.0. The highest BCUT2D eigenvalue weighted by Gasteiger charge is 2.15. The average Bonchev–Trinajstić information content (AvgIpc) is 2.77. The lowest BCUT2D eigenvalue weighted by molar-refractivity contribution is 0.0752. The molecular weight excluding hydrogens is 350 g/mol. The number of nitrogens with one attached hydrogen (secondary N) is 1. The number of carbonyl (C=O) groups excluding carboxylic acids is 2. The van der Waals surface area contributed by atoms with Crippen LogP contribution < -0.4 is 5.32 Å². The molecule has 3 aromatic rings. The Kier molecular flexibility index (Phi) is 6.52. The Bertz CT molecular complexity index is 910. The van der Waals surface area contributed by atoms with Gasteiger partial charge in [-0.3, -0.25) is 14.6 Å². The molecule has 5 heteroatoms. The van der Waals surface area contributed by atoms with Gasteiger partial charge in [0.25, 0.3) is 11.8 Å². The van der Waals surface area contributed by atoms with Gasteiger partial charge in [0.2, 0.25) is 0 Å². The summed E-state index contributed by atoms with van der Waals surface area (Å²) < 4.78 is 0. The summed E-state index contributed by atoms with van der Waals surface area (Å²) >= 11 is 0. The van der Waals surface area contributed by atoms with Gasteiger partial charge >= 0.3 is 0 Å². The second-order valence-electron chi connectivity index (χ2n) is 6.39. The quantitative estimate of drug-likeness (QED) is 0.687. The number of rotatable bonds is 7. The fraction of sp³-hybridized carbons (Fsp3) is 0.174. The monoisotopic (exact) mass is 373 g/mol. The number of amides is 2. The lowest BCUT2D eigenvalue weighted by Crippen LogP contribution is -2.30. The molecule has 0 spiro atoms. The van der Waals surface area contributed by atoms with Crippen LogP contribution in [0.25, 0.3) is 0 Å². The van der Waals surface area contributed by atoms with E-state index in [0.717, 1.165) is 11.3 Å². The first-order valence-electron chi connectivity index (χ1n) is 9.28. The highest BCUT2D eigenvalue weighted by molar-refractivity contribution is 5.97. The maximum atomic E-state index is 12.8. The fourth-order valence-electron chi connectivity index (χ4n) is 2.85. The summed E-state index contributed by atoms with van der Waals surface area (Å²) in [5.74, 6) is -0.243. The van der Waals surface area contributed by atoms with E-state index in [1.807, 2.05) is 55.5 Å². The summed E-state index contributed by atoms with van der Waals surface area (Å²) in [5.41, 5.74) is 2.96. The molecule has 142 valence electrons. The summed E-state index contributed by atoms with van der Waals surface area (Å²) in [6, 6.07) is 22.2. The molecule has 1 heterocycles. The van der Waals surface area contributed by atoms with E-state index in [2.05, 4.69) is 10.3 Å². The number of hydrogen-bond acceptors (Lipinski definition) is 3. The molecule has 0 bridgehead atoms. The van der Waals surface area contributed by atoms with E-state index in [1.165, 1.54) is 0 Å². The third-order valence-corrected chi connectivity index (χ3v) is 4.44. The zero-order chi connectivity index (χ0) is 19.8. The van der Waals surface area contributed by atoms with Gasteiger partial charge in [-0.25, -0.2) is 0 Å². The van der Waals surface area contributed by atoms with E-state index in [9.17, 15) is 9.59 Å². The Hall–Kier alpha value is -3.47. The second-order valence-corrected chi connectivity index (χ2v) is 6.39. The van der Waals surface area contributed by atoms with Crippen LogP contribution in [0.15, 0.2) is 79.0 Å². The summed E-state index contributed by atoms with van der Waals surface area (Å²) in [6.45, 7) is 3.49. The SMILES string of the molecule is CCN(Cc1ccccc1)C(=O)c1ccc(C(=O)NCc2ccccn2)cc1. The molecule has 1 aromatic heterocycles. The Morgan fingerprint density at radius 2 is 1.57 bits per heavy atom. The third kappa shape index (κ3) is 5.04. The van der Waals surface area contributed by atoms with Gasteiger partial charge in [0.15, 0.2) is 0 Å². The standard InChI is InChI=1S/C23H23N3O2/c1-2-26(17-18-8-4-3-5-9-18)23(28)20-13-11-19(12-14-20)22(27)25-16-21-10-6-7-15-24-21/h3-15H,2,16-17H2,1H3,(H,25,27). The molecule has 0 aliphatic carbocycles. The first kappa shape index (κ1) is 19.3. The van der Waals surface area contributed by atoms with Crippen LogP contribution in [-0.4, -0.2) is 28.2 Å². The molecule has 0 atom stereocenters. The van der Waals surface area contributed by atoms with Crippen LogP contribution in [0.1, 0.15) is 38.9 Å². The van der Waals surface area contributed by atoms with Crippen LogP contribution in [0, 0.1) is 0 Å². The van der Waals surface area contributed by atoms with Crippen molar-refractivity contribution in [3.8, 4) is 0 Å². The summed E-state index contributed by atoms with van der Waals surface area (Å²) in [5, 5.41) is 2.83. The van der Waals surface area contributed by atoms with Crippen LogP contribution in [0.5, 0.6) is 0 Å². The molecule has 2 aromatic carbocycles. The van der Waals surface area contributed by atoms with Crippen molar-refractivity contribution in [2.24, 2.45) is 0 Å². The number of aromatic nitrogens is 1. The molecule has 0 radical (unpaired) electrons. The topological polar surface area (TPSA) is 62.3 Å². The number of pyridine rings is 1. The van der Waals surface area contributed by atoms with Gasteiger partial charge < -0.3 is 10.2 Å². The molecule has 0 saturated carbocycles. The molecule has 2 amide bonds. The third-order valence-electron chi connectivity index (χ3n) is 4.44. The number of hydrogen-bond donors (Lipinski definition) is 1. The molecule has 28 heavy (non-hydrogen) atoms. The Balaban J connectivity index is 1.62. The highest BCUT2D eigenvalue weighted by Crippen LogP contribution is 2.11. The van der Waals surface area contributed by atoms with Crippen molar-refractivity contribution in [1.82, 2.24) is 15.2 Å². The number of nitrogens with zero attached hydrogens (tertiary/aromatic N) is 2. The molecule has 5 nitrogen and oxygen atoms in total. The van der Waals surface area contributed by atoms with Crippen LogP contribution in [0.3, 0.4) is 0 Å². The Labute approximate surface area is 165 Å². The highest BCUT2D eigenvalue weighted by atomic mass is 16.2. The van der Waals surface area contributed by atoms with Crippen molar-refractivity contribution in [1.29, 1.82) is 0 Å². The first-order chi connectivity index (χ1) is 13.7. The van der Waals surface area contributed by atoms with Crippen molar-refractivity contribution >= 4 is 11.8 Å². The van der Waals surface area contributed by atoms with Crippen LogP contribution in [-0.2, 0) is 13.1 Å². The zero-order valence-corrected chi connectivity index (χ0v) is 15.8. The van der Waals surface area contributed by atoms with Crippen molar-refractivity contribution in [3.63, 3.8) is 0 Å². The summed E-state index contributed by atoms with van der Waals surface area (Å²) in [6.07, 6.45) is 1.69. The minimum atomic E-state index is -0.193. The van der Waals surface area contributed by atoms with Crippen LogP contribution >= 0.6 is 0 Å². The summed E-state index contributed by atoms with van der Waals surface area (Å²) in [7, 11) is 0. The molecule has 0 unspecified atom stereocenters. The van der Waals surface area contributed by atoms with Crippen molar-refractivity contribution in [2.75, 3.05) is 6.54 Å². The van der Waals surface area contributed by atoms with E-state index >= 15 is 0 Å². The second kappa shape index (κ2) is 9.46. The Morgan fingerprint density at radius 3 is 2.21 bits per heavy atom. The molecule has 0 aliphatic rings. The van der Waals surface area contributed by atoms with Gasteiger partial charge in [0.1, 0.15) is 0 Å². The Morgan fingerprint density at radius 1 is 0.893 bits per heavy atom. The molecule has 3 rings (SSSR count). The predicted octanol–water partition coefficient (Wildman–Crippen LogP) is 3.67. The van der Waals surface area contributed by atoms with Gasteiger partial charge in [-0.1, -0.05) is 36.4 Å². The largest absolute Gasteiger partial charge is 0.346 e. The van der Waals surface area contributed by atoms with Gasteiger partial charge in [0.05, 0.1) is 12.2 Å². The maximum Gasteiger partial charge on any atom is 0.254 e. The molecule has 0 saturated heterocycles. The normalized spacial score (nSPS) is 10.3. The number of carbonyl (C=O) groups is 2. The van der Waals surface area contributed by atoms with Gasteiger partial charge in [-0.15, -0.1) is 0 Å². The van der Waals surface area contributed by atoms with E-state index in [0.29, 0.717) is 30.8 Å². The fourth-order valence-corrected chi connectivity index (χ4v) is 2.85. The van der Waals surface area contributed by atoms with E-state index in [4.69, 9.17) is 0 Å². The maximum absolute atomic E-state index is 12.8. The van der Waals surface area contributed by atoms with Crippen molar-refractivity contribution in [3.05, 3.63) is 101 Å². The van der Waals surface area contributed by atoms with E-state index in [-0.39, 0.29) is 11.8 Å². The van der Waals surface area contributed by atoms with Gasteiger partial charge in [0, 0.05) is 30.4 Å². The first-order valence-corrected chi connectivity index (χ1v) is 9.28. The van der Waals surface area contributed by atoms with Crippen LogP contribution in [0.2, 0.25) is 0 Å². The smallest absolute Gasteiger partial charge is 0.254 e. The van der Waals surface area contributed by atoms with Gasteiger partial charge in [-0.05, 0) is 48.9 Å². The zero-order valence-electron chi connectivity index (χ0n) is 15.8. The van der Waals surface area contributed by atoms with Crippen LogP contribution in [0.4, 0.5) is 0 Å². The van der Waals surface area contributed by atoms with Crippen molar-refractivity contribution < 1.29 is 9.59 Å². The number of benzene rings is 2. The minimum absolute atomic E-state index is 0.0493. The molecule has 1 N–H and O–H groups in total. The average molecular weight is 373 g/mol. The molecule has 0 aliphatic heterocycles. The van der Waals surface area contributed by atoms with E-state index < -0.39 is 0 Å². The lowest BCUT2D eigenvalue weighted by atomic mass is 10.1. The molecular formula is C23H23N3O2. The van der Waals surface area contributed by atoms with E-state index in [1.54, 1.807) is 35.4 Å². The lowest BCUT2D eigenvalue weighted by Gasteiger charge is -2.21. The van der Waals surface area contributed by atoms with Gasteiger partial charge in [-0.2, -0.15) is 0 Å². The molecule has 0 fully saturated rings. The van der Waals surface area contributed by atoms with Crippen molar-refractivity contribution in [2.45, 2.75) is 20.0 Å². The minimum Gasteiger partial charge on any atom is -0.346 e.